The molecule has 1 aliphatic heterocycles. The number of Topliss-reactive ketones (excluding diaryl/α,β-unsaturated/α-hetero) is 1. The van der Waals surface area contributed by atoms with Crippen molar-refractivity contribution in [2.45, 2.75) is 33.6 Å². The van der Waals surface area contributed by atoms with Crippen molar-refractivity contribution in [1.82, 2.24) is 14.5 Å². The lowest BCUT2D eigenvalue weighted by atomic mass is 9.80. The molecular formula is C20H26N4O2. The second-order valence-corrected chi connectivity index (χ2v) is 7.97. The Labute approximate surface area is 153 Å². The molecule has 6 heteroatoms. The number of carbonyl (C=O) groups is 1. The minimum Gasteiger partial charge on any atom is -0.341 e. The van der Waals surface area contributed by atoms with E-state index in [4.69, 9.17) is 4.98 Å². The van der Waals surface area contributed by atoms with E-state index in [1.807, 2.05) is 32.9 Å². The van der Waals surface area contributed by atoms with Gasteiger partial charge in [0.25, 0.3) is 5.56 Å². The molecule has 1 saturated heterocycles. The van der Waals surface area contributed by atoms with Crippen LogP contribution in [0, 0.1) is 11.3 Å². The van der Waals surface area contributed by atoms with Crippen molar-refractivity contribution in [2.24, 2.45) is 18.4 Å². The summed E-state index contributed by atoms with van der Waals surface area (Å²) in [4.78, 5) is 36.0. The highest BCUT2D eigenvalue weighted by molar-refractivity contribution is 5.86. The summed E-state index contributed by atoms with van der Waals surface area (Å²) < 4.78 is 1.56. The van der Waals surface area contributed by atoms with Gasteiger partial charge in [-0.1, -0.05) is 20.8 Å². The molecule has 2 aromatic heterocycles. The summed E-state index contributed by atoms with van der Waals surface area (Å²) in [6.07, 6.45) is 5.19. The number of rotatable bonds is 3. The number of hydrogen-bond acceptors (Lipinski definition) is 5. The molecule has 0 bridgehead atoms. The van der Waals surface area contributed by atoms with E-state index in [2.05, 4.69) is 9.88 Å². The Kier molecular flexibility index (Phi) is 4.94. The molecule has 0 spiro atoms. The fourth-order valence-electron chi connectivity index (χ4n) is 3.47. The molecule has 1 aliphatic rings. The van der Waals surface area contributed by atoms with Crippen LogP contribution < -0.4 is 10.5 Å². The van der Waals surface area contributed by atoms with Gasteiger partial charge in [-0.05, 0) is 25.0 Å². The van der Waals surface area contributed by atoms with Crippen LogP contribution in [0.25, 0.3) is 11.3 Å². The number of piperidine rings is 1. The van der Waals surface area contributed by atoms with Crippen molar-refractivity contribution in [3.8, 4) is 11.3 Å². The predicted molar refractivity (Wildman–Crippen MR) is 102 cm³/mol. The molecule has 26 heavy (non-hydrogen) atoms. The third-order valence-electron chi connectivity index (χ3n) is 4.90. The zero-order valence-corrected chi connectivity index (χ0v) is 15.9. The molecule has 0 aromatic carbocycles. The molecule has 0 amide bonds. The average Bonchev–Trinajstić information content (AvgIpc) is 2.63. The topological polar surface area (TPSA) is 68.1 Å². The fourth-order valence-corrected chi connectivity index (χ4v) is 3.47. The Morgan fingerprint density at radius 3 is 2.58 bits per heavy atom. The van der Waals surface area contributed by atoms with Gasteiger partial charge in [-0.2, -0.15) is 0 Å². The lowest BCUT2D eigenvalue weighted by Gasteiger charge is -2.36. The number of pyridine rings is 1. The summed E-state index contributed by atoms with van der Waals surface area (Å²) in [7, 11) is 1.73. The van der Waals surface area contributed by atoms with E-state index in [0.29, 0.717) is 18.2 Å². The summed E-state index contributed by atoms with van der Waals surface area (Å²) >= 11 is 0. The Morgan fingerprint density at radius 1 is 1.23 bits per heavy atom. The zero-order chi connectivity index (χ0) is 18.9. The molecule has 0 radical (unpaired) electrons. The van der Waals surface area contributed by atoms with E-state index < -0.39 is 0 Å². The molecule has 1 atom stereocenters. The highest BCUT2D eigenvalue weighted by atomic mass is 16.1. The maximum absolute atomic E-state index is 12.7. The normalized spacial score (nSPS) is 18.0. The molecule has 1 unspecified atom stereocenters. The molecule has 138 valence electrons. The predicted octanol–water partition coefficient (Wildman–Crippen LogP) is 2.67. The maximum Gasteiger partial charge on any atom is 0.255 e. The lowest BCUT2D eigenvalue weighted by Crippen LogP contribution is -2.44. The van der Waals surface area contributed by atoms with Crippen LogP contribution in [0.1, 0.15) is 33.6 Å². The molecular weight excluding hydrogens is 328 g/mol. The van der Waals surface area contributed by atoms with Crippen LogP contribution in [-0.4, -0.2) is 33.4 Å². The van der Waals surface area contributed by atoms with Crippen molar-refractivity contribution < 1.29 is 4.79 Å². The monoisotopic (exact) mass is 354 g/mol. The average molecular weight is 354 g/mol. The van der Waals surface area contributed by atoms with Gasteiger partial charge in [0.2, 0.25) is 5.95 Å². The van der Waals surface area contributed by atoms with Crippen LogP contribution in [0.3, 0.4) is 0 Å². The molecule has 0 aliphatic carbocycles. The maximum atomic E-state index is 12.7. The van der Waals surface area contributed by atoms with E-state index in [1.165, 1.54) is 0 Å². The van der Waals surface area contributed by atoms with Gasteiger partial charge in [0, 0.05) is 55.5 Å². The van der Waals surface area contributed by atoms with Crippen LogP contribution in [-0.2, 0) is 11.8 Å². The van der Waals surface area contributed by atoms with E-state index in [1.54, 1.807) is 30.1 Å². The number of carbonyl (C=O) groups excluding carboxylic acids is 1. The number of aromatic nitrogens is 3. The Bertz CT molecular complexity index is 852. The highest BCUT2D eigenvalue weighted by Gasteiger charge is 2.33. The molecule has 3 heterocycles. The first-order valence-electron chi connectivity index (χ1n) is 9.05. The van der Waals surface area contributed by atoms with E-state index in [9.17, 15) is 9.59 Å². The first kappa shape index (κ1) is 18.3. The summed E-state index contributed by atoms with van der Waals surface area (Å²) in [6, 6.07) is 5.22. The lowest BCUT2D eigenvalue weighted by molar-refractivity contribution is -0.130. The van der Waals surface area contributed by atoms with E-state index in [0.717, 1.165) is 24.9 Å². The first-order chi connectivity index (χ1) is 12.3. The van der Waals surface area contributed by atoms with Crippen LogP contribution in [0.15, 0.2) is 35.4 Å². The van der Waals surface area contributed by atoms with Gasteiger partial charge >= 0.3 is 0 Å². The molecule has 0 N–H and O–H groups in total. The van der Waals surface area contributed by atoms with Gasteiger partial charge in [-0.25, -0.2) is 4.98 Å². The highest BCUT2D eigenvalue weighted by Crippen LogP contribution is 2.29. The zero-order valence-electron chi connectivity index (χ0n) is 15.9. The van der Waals surface area contributed by atoms with Crippen LogP contribution in [0.2, 0.25) is 0 Å². The van der Waals surface area contributed by atoms with Crippen molar-refractivity contribution in [1.29, 1.82) is 0 Å². The van der Waals surface area contributed by atoms with Crippen molar-refractivity contribution in [2.75, 3.05) is 18.0 Å². The van der Waals surface area contributed by atoms with Gasteiger partial charge in [-0.15, -0.1) is 0 Å². The minimum absolute atomic E-state index is 0.0229. The van der Waals surface area contributed by atoms with Crippen molar-refractivity contribution in [3.63, 3.8) is 0 Å². The van der Waals surface area contributed by atoms with Crippen LogP contribution in [0.5, 0.6) is 0 Å². The van der Waals surface area contributed by atoms with Crippen molar-refractivity contribution >= 4 is 11.7 Å². The largest absolute Gasteiger partial charge is 0.341 e. The number of anilines is 1. The van der Waals surface area contributed by atoms with Crippen LogP contribution in [0.4, 0.5) is 5.95 Å². The first-order valence-corrected chi connectivity index (χ1v) is 9.05. The molecule has 6 nitrogen and oxygen atoms in total. The van der Waals surface area contributed by atoms with E-state index >= 15 is 0 Å². The Balaban J connectivity index is 1.94. The summed E-state index contributed by atoms with van der Waals surface area (Å²) in [5.41, 5.74) is 1.03. The van der Waals surface area contributed by atoms with Crippen molar-refractivity contribution in [3.05, 3.63) is 40.9 Å². The standard InChI is InChI=1S/C20H26N4O2/c1-20(2,3)18(26)15-6-5-11-24(13-15)19-22-16(12-17(25)23(19)4)14-7-9-21-10-8-14/h7-10,12,15H,5-6,11,13H2,1-4H3. The third-order valence-corrected chi connectivity index (χ3v) is 4.90. The smallest absolute Gasteiger partial charge is 0.255 e. The van der Waals surface area contributed by atoms with E-state index in [-0.39, 0.29) is 22.7 Å². The minimum atomic E-state index is -0.355. The molecule has 0 saturated carbocycles. The van der Waals surface area contributed by atoms with Gasteiger partial charge in [0.15, 0.2) is 0 Å². The number of nitrogens with zero attached hydrogens (tertiary/aromatic N) is 4. The molecule has 3 rings (SSSR count). The number of ketones is 1. The molecule has 1 fully saturated rings. The van der Waals surface area contributed by atoms with Gasteiger partial charge in [0.1, 0.15) is 5.78 Å². The third kappa shape index (κ3) is 3.69. The fraction of sp³-hybridized carbons (Fsp3) is 0.500. The SMILES string of the molecule is Cn1c(N2CCCC(C(=O)C(C)(C)C)C2)nc(-c2ccncc2)cc1=O. The van der Waals surface area contributed by atoms with Crippen LogP contribution >= 0.6 is 0 Å². The van der Waals surface area contributed by atoms with Gasteiger partial charge < -0.3 is 4.90 Å². The second-order valence-electron chi connectivity index (χ2n) is 7.97. The summed E-state index contributed by atoms with van der Waals surface area (Å²) in [6.45, 7) is 7.30. The van der Waals surface area contributed by atoms with Gasteiger partial charge in [-0.3, -0.25) is 19.1 Å². The summed E-state index contributed by atoms with van der Waals surface area (Å²) in [5, 5.41) is 0. The summed E-state index contributed by atoms with van der Waals surface area (Å²) in [5.74, 6) is 0.874. The number of hydrogen-bond donors (Lipinski definition) is 0. The Hall–Kier alpha value is -2.50. The van der Waals surface area contributed by atoms with Gasteiger partial charge in [0.05, 0.1) is 5.69 Å². The molecule has 2 aromatic rings. The Morgan fingerprint density at radius 2 is 1.92 bits per heavy atom. The quantitative estimate of drug-likeness (QED) is 0.848. The second kappa shape index (κ2) is 7.02.